The molecule has 0 saturated carbocycles. The Labute approximate surface area is 73.8 Å². The standard InChI is InChI=1S/C9H17NO2/c1-5-6-9(7(2)12-4)10-8(3)11/h5,7,9H,1,6H2,2-4H3,(H,10,11)/t7-,9+/m0/s1. The van der Waals surface area contributed by atoms with Gasteiger partial charge in [0.15, 0.2) is 0 Å². The minimum atomic E-state index is -0.0363. The minimum absolute atomic E-state index is 0.0203. The molecule has 0 saturated heterocycles. The minimum Gasteiger partial charge on any atom is -0.380 e. The van der Waals surface area contributed by atoms with Gasteiger partial charge < -0.3 is 10.1 Å². The van der Waals surface area contributed by atoms with Crippen molar-refractivity contribution in [3.8, 4) is 0 Å². The molecule has 0 radical (unpaired) electrons. The lowest BCUT2D eigenvalue weighted by molar-refractivity contribution is -0.120. The summed E-state index contributed by atoms with van der Waals surface area (Å²) in [6, 6.07) is 0.0324. The van der Waals surface area contributed by atoms with Gasteiger partial charge in [0.2, 0.25) is 5.91 Å². The van der Waals surface area contributed by atoms with Gasteiger partial charge in [-0.1, -0.05) is 6.08 Å². The Morgan fingerprint density at radius 3 is 2.67 bits per heavy atom. The highest BCUT2D eigenvalue weighted by atomic mass is 16.5. The fourth-order valence-corrected chi connectivity index (χ4v) is 0.973. The van der Waals surface area contributed by atoms with Crippen LogP contribution in [0.15, 0.2) is 12.7 Å². The van der Waals surface area contributed by atoms with E-state index in [4.69, 9.17) is 4.74 Å². The van der Waals surface area contributed by atoms with Crippen molar-refractivity contribution in [2.24, 2.45) is 0 Å². The van der Waals surface area contributed by atoms with Crippen LogP contribution < -0.4 is 5.32 Å². The van der Waals surface area contributed by atoms with Gasteiger partial charge in [0, 0.05) is 14.0 Å². The highest BCUT2D eigenvalue weighted by Gasteiger charge is 2.15. The van der Waals surface area contributed by atoms with Gasteiger partial charge in [0.05, 0.1) is 12.1 Å². The molecule has 12 heavy (non-hydrogen) atoms. The second-order valence-electron chi connectivity index (χ2n) is 2.77. The van der Waals surface area contributed by atoms with Crippen molar-refractivity contribution in [3.05, 3.63) is 12.7 Å². The molecule has 1 N–H and O–H groups in total. The topological polar surface area (TPSA) is 38.3 Å². The van der Waals surface area contributed by atoms with Crippen LogP contribution in [0.25, 0.3) is 0 Å². The molecule has 3 heteroatoms. The van der Waals surface area contributed by atoms with Crippen LogP contribution in [-0.2, 0) is 9.53 Å². The van der Waals surface area contributed by atoms with Gasteiger partial charge in [-0.2, -0.15) is 0 Å². The Hall–Kier alpha value is -0.830. The molecule has 0 unspecified atom stereocenters. The van der Waals surface area contributed by atoms with Crippen molar-refractivity contribution in [2.45, 2.75) is 32.4 Å². The Balaban J connectivity index is 4.01. The zero-order valence-corrected chi connectivity index (χ0v) is 7.96. The number of hydrogen-bond donors (Lipinski definition) is 1. The number of amides is 1. The number of methoxy groups -OCH3 is 1. The first-order valence-electron chi connectivity index (χ1n) is 4.02. The Bertz CT molecular complexity index is 157. The van der Waals surface area contributed by atoms with Crippen LogP contribution in [0, 0.1) is 0 Å². The summed E-state index contributed by atoms with van der Waals surface area (Å²) in [6.07, 6.45) is 2.52. The Morgan fingerprint density at radius 1 is 1.75 bits per heavy atom. The summed E-state index contributed by atoms with van der Waals surface area (Å²) in [7, 11) is 1.63. The summed E-state index contributed by atoms with van der Waals surface area (Å²) in [4.78, 5) is 10.7. The molecular weight excluding hydrogens is 154 g/mol. The van der Waals surface area contributed by atoms with Gasteiger partial charge in [0.1, 0.15) is 0 Å². The van der Waals surface area contributed by atoms with E-state index in [0.717, 1.165) is 6.42 Å². The molecular formula is C9H17NO2. The van der Waals surface area contributed by atoms with Gasteiger partial charge in [0.25, 0.3) is 0 Å². The van der Waals surface area contributed by atoms with Gasteiger partial charge in [-0.3, -0.25) is 4.79 Å². The number of hydrogen-bond acceptors (Lipinski definition) is 2. The summed E-state index contributed by atoms with van der Waals surface area (Å²) in [6.45, 7) is 7.04. The van der Waals surface area contributed by atoms with Crippen LogP contribution in [0.1, 0.15) is 20.3 Å². The third-order valence-electron chi connectivity index (χ3n) is 1.75. The van der Waals surface area contributed by atoms with Gasteiger partial charge in [-0.05, 0) is 13.3 Å². The lowest BCUT2D eigenvalue weighted by Gasteiger charge is -2.21. The molecule has 0 aliphatic rings. The zero-order valence-electron chi connectivity index (χ0n) is 7.96. The second-order valence-corrected chi connectivity index (χ2v) is 2.77. The summed E-state index contributed by atoms with van der Waals surface area (Å²) in [5.41, 5.74) is 0. The van der Waals surface area contributed by atoms with Crippen molar-refractivity contribution in [1.82, 2.24) is 5.32 Å². The van der Waals surface area contributed by atoms with Crippen LogP contribution in [0.2, 0.25) is 0 Å². The molecule has 1 amide bonds. The summed E-state index contributed by atoms with van der Waals surface area (Å²) in [5, 5.41) is 2.80. The van der Waals surface area contributed by atoms with Gasteiger partial charge in [-0.15, -0.1) is 6.58 Å². The predicted molar refractivity (Wildman–Crippen MR) is 48.9 cm³/mol. The highest BCUT2D eigenvalue weighted by Crippen LogP contribution is 2.02. The normalized spacial score (nSPS) is 14.9. The van der Waals surface area contributed by atoms with E-state index in [1.54, 1.807) is 13.2 Å². The van der Waals surface area contributed by atoms with Gasteiger partial charge >= 0.3 is 0 Å². The lowest BCUT2D eigenvalue weighted by Crippen LogP contribution is -2.41. The summed E-state index contributed by atoms with van der Waals surface area (Å²) in [5.74, 6) is -0.0363. The third-order valence-corrected chi connectivity index (χ3v) is 1.75. The summed E-state index contributed by atoms with van der Waals surface area (Å²) < 4.78 is 5.10. The molecule has 0 rings (SSSR count). The van der Waals surface area contributed by atoms with Crippen LogP contribution in [0.5, 0.6) is 0 Å². The van der Waals surface area contributed by atoms with E-state index < -0.39 is 0 Å². The first kappa shape index (κ1) is 11.2. The first-order chi connectivity index (χ1) is 5.61. The molecule has 0 aromatic rings. The fourth-order valence-electron chi connectivity index (χ4n) is 0.973. The van der Waals surface area contributed by atoms with E-state index >= 15 is 0 Å². The molecule has 0 aromatic heterocycles. The van der Waals surface area contributed by atoms with Crippen LogP contribution >= 0.6 is 0 Å². The molecule has 0 aromatic carbocycles. The number of ether oxygens (including phenoxy) is 1. The quantitative estimate of drug-likeness (QED) is 0.629. The molecule has 0 aliphatic carbocycles. The van der Waals surface area contributed by atoms with Crippen molar-refractivity contribution in [1.29, 1.82) is 0 Å². The Kier molecular flexibility index (Phi) is 5.37. The molecule has 3 nitrogen and oxygen atoms in total. The van der Waals surface area contributed by atoms with Crippen molar-refractivity contribution in [3.63, 3.8) is 0 Å². The van der Waals surface area contributed by atoms with E-state index in [1.807, 2.05) is 6.92 Å². The second kappa shape index (κ2) is 5.77. The maximum atomic E-state index is 10.7. The molecule has 0 heterocycles. The molecule has 2 atom stereocenters. The zero-order chi connectivity index (χ0) is 9.56. The molecule has 0 aliphatic heterocycles. The van der Waals surface area contributed by atoms with E-state index in [2.05, 4.69) is 11.9 Å². The first-order valence-corrected chi connectivity index (χ1v) is 4.02. The smallest absolute Gasteiger partial charge is 0.217 e. The third kappa shape index (κ3) is 4.13. The van der Waals surface area contributed by atoms with Crippen molar-refractivity contribution < 1.29 is 9.53 Å². The average Bonchev–Trinajstić information content (AvgIpc) is 2.01. The van der Waals surface area contributed by atoms with Crippen molar-refractivity contribution >= 4 is 5.91 Å². The summed E-state index contributed by atoms with van der Waals surface area (Å²) >= 11 is 0. The molecule has 70 valence electrons. The number of nitrogens with one attached hydrogen (secondary N) is 1. The molecule has 0 spiro atoms. The van der Waals surface area contributed by atoms with Crippen LogP contribution in [0.4, 0.5) is 0 Å². The molecule has 0 fully saturated rings. The maximum absolute atomic E-state index is 10.7. The number of carbonyl (C=O) groups excluding carboxylic acids is 1. The predicted octanol–water partition coefficient (Wildman–Crippen LogP) is 1.10. The van der Waals surface area contributed by atoms with Crippen LogP contribution in [0.3, 0.4) is 0 Å². The Morgan fingerprint density at radius 2 is 2.33 bits per heavy atom. The highest BCUT2D eigenvalue weighted by molar-refractivity contribution is 5.73. The SMILES string of the molecule is C=CC[C@@H](NC(C)=O)[C@H](C)OC. The van der Waals surface area contributed by atoms with E-state index in [0.29, 0.717) is 0 Å². The van der Waals surface area contributed by atoms with Crippen LogP contribution in [-0.4, -0.2) is 25.2 Å². The van der Waals surface area contributed by atoms with Gasteiger partial charge in [-0.25, -0.2) is 0 Å². The largest absolute Gasteiger partial charge is 0.380 e. The van der Waals surface area contributed by atoms with E-state index in [1.165, 1.54) is 6.92 Å². The monoisotopic (exact) mass is 171 g/mol. The maximum Gasteiger partial charge on any atom is 0.217 e. The average molecular weight is 171 g/mol. The fraction of sp³-hybridized carbons (Fsp3) is 0.667. The lowest BCUT2D eigenvalue weighted by atomic mass is 10.1. The molecule has 0 bridgehead atoms. The number of rotatable bonds is 5. The van der Waals surface area contributed by atoms with E-state index in [-0.39, 0.29) is 18.1 Å². The number of carbonyl (C=O) groups is 1. The van der Waals surface area contributed by atoms with Crippen molar-refractivity contribution in [2.75, 3.05) is 7.11 Å². The van der Waals surface area contributed by atoms with E-state index in [9.17, 15) is 4.79 Å².